The van der Waals surface area contributed by atoms with Crippen molar-refractivity contribution >= 4 is 0 Å². The lowest BCUT2D eigenvalue weighted by Gasteiger charge is -2.71. The van der Waals surface area contributed by atoms with Gasteiger partial charge in [-0.15, -0.1) is 0 Å². The first-order valence-electron chi connectivity index (χ1n) is 16.4. The van der Waals surface area contributed by atoms with Crippen molar-refractivity contribution in [3.8, 4) is 0 Å². The highest BCUT2D eigenvalue weighted by Crippen LogP contribution is 2.75. The van der Waals surface area contributed by atoms with Gasteiger partial charge in [0.25, 0.3) is 0 Å². The van der Waals surface area contributed by atoms with E-state index in [1.54, 1.807) is 5.57 Å². The molecule has 0 saturated heterocycles. The third-order valence-corrected chi connectivity index (χ3v) is 14.5. The topological polar surface area (TPSA) is 49.7 Å². The summed E-state index contributed by atoms with van der Waals surface area (Å²) in [5, 5.41) is 21.6. The molecule has 1 aromatic rings. The Hall–Kier alpha value is -1.16. The molecule has 3 nitrogen and oxygen atoms in total. The zero-order valence-corrected chi connectivity index (χ0v) is 26.4. The Morgan fingerprint density at radius 3 is 2.25 bits per heavy atom. The van der Waals surface area contributed by atoms with Crippen LogP contribution in [0.4, 0.5) is 0 Å². The molecule has 0 radical (unpaired) electrons. The van der Waals surface area contributed by atoms with Crippen molar-refractivity contribution in [1.29, 1.82) is 0 Å². The molecule has 1 aromatic carbocycles. The number of allylic oxidation sites excluding steroid dienone is 2. The zero-order valence-electron chi connectivity index (χ0n) is 26.4. The lowest BCUT2D eigenvalue weighted by Crippen LogP contribution is -2.66. The first kappa shape index (κ1) is 28.9. The summed E-state index contributed by atoms with van der Waals surface area (Å²) < 4.78 is 6.88. The second-order valence-corrected chi connectivity index (χ2v) is 16.9. The van der Waals surface area contributed by atoms with E-state index in [2.05, 4.69) is 84.9 Å². The van der Waals surface area contributed by atoms with Crippen LogP contribution < -0.4 is 0 Å². The molecule has 4 saturated carbocycles. The highest BCUT2D eigenvalue weighted by atomic mass is 16.5. The average Bonchev–Trinajstić information content (AvgIpc) is 2.91. The highest BCUT2D eigenvalue weighted by Gasteiger charge is 2.69. The Kier molecular flexibility index (Phi) is 6.81. The maximum Gasteiger partial charge on any atom is 0.0720 e. The van der Waals surface area contributed by atoms with E-state index in [0.29, 0.717) is 24.4 Å². The third kappa shape index (κ3) is 3.92. The van der Waals surface area contributed by atoms with Gasteiger partial charge in [-0.25, -0.2) is 0 Å². The van der Waals surface area contributed by atoms with E-state index in [4.69, 9.17) is 4.74 Å². The normalized spacial score (nSPS) is 49.6. The van der Waals surface area contributed by atoms with E-state index in [-0.39, 0.29) is 45.2 Å². The highest BCUT2D eigenvalue weighted by molar-refractivity contribution is 5.34. The standard InChI is InChI=1S/C37H56O3/c1-32(2)21-27-26-13-14-29-34(4)17-16-30(39)35(5,24-38)28(34)15-18-37(29,7)36(26,6)20-19-33(27,3)31(22-32)40-23-25-11-9-8-10-12-25/h8-13,27-31,38-39H,14-24H2,1-7H3/t27-,28?,29-,30+,31-,33-,34+,35+,36-,37-/m1/s1. The zero-order chi connectivity index (χ0) is 28.8. The molecule has 3 heteroatoms. The van der Waals surface area contributed by atoms with E-state index in [1.165, 1.54) is 31.2 Å². The van der Waals surface area contributed by atoms with Crippen LogP contribution in [0.1, 0.15) is 112 Å². The summed E-state index contributed by atoms with van der Waals surface area (Å²) in [6.45, 7) is 18.3. The second-order valence-electron chi connectivity index (χ2n) is 16.9. The minimum Gasteiger partial charge on any atom is -0.396 e. The molecular weight excluding hydrogens is 492 g/mol. The summed E-state index contributed by atoms with van der Waals surface area (Å²) in [5.41, 5.74) is 3.66. The lowest BCUT2D eigenvalue weighted by molar-refractivity contribution is -0.220. The first-order valence-corrected chi connectivity index (χ1v) is 16.4. The lowest BCUT2D eigenvalue weighted by atomic mass is 9.33. The summed E-state index contributed by atoms with van der Waals surface area (Å²) in [6, 6.07) is 10.7. The SMILES string of the molecule is CC1(C)C[C@@H]2C3=CC[C@@H]4[C@@]5(C)CC[C@H](O)[C@@](C)(CO)C5CC[C@@]4(C)[C@]3(C)CC[C@@]2(C)[C@H](OCc2ccccc2)C1. The molecule has 6 rings (SSSR count). The van der Waals surface area contributed by atoms with Gasteiger partial charge in [0.2, 0.25) is 0 Å². The van der Waals surface area contributed by atoms with Crippen LogP contribution in [0.3, 0.4) is 0 Å². The van der Waals surface area contributed by atoms with Gasteiger partial charge >= 0.3 is 0 Å². The van der Waals surface area contributed by atoms with Crippen LogP contribution in [-0.4, -0.2) is 29.0 Å². The molecule has 0 aliphatic heterocycles. The second kappa shape index (κ2) is 9.42. The van der Waals surface area contributed by atoms with Crippen LogP contribution in [0.15, 0.2) is 42.0 Å². The van der Waals surface area contributed by atoms with Crippen molar-refractivity contribution in [3.63, 3.8) is 0 Å². The Balaban J connectivity index is 1.35. The van der Waals surface area contributed by atoms with Gasteiger partial charge in [-0.2, -0.15) is 0 Å². The maximum absolute atomic E-state index is 11.0. The molecule has 222 valence electrons. The quantitative estimate of drug-likeness (QED) is 0.372. The molecule has 0 heterocycles. The molecule has 40 heavy (non-hydrogen) atoms. The molecule has 2 N–H and O–H groups in total. The van der Waals surface area contributed by atoms with Crippen LogP contribution in [0, 0.1) is 50.2 Å². The van der Waals surface area contributed by atoms with Crippen molar-refractivity contribution in [2.24, 2.45) is 50.2 Å². The molecule has 0 aromatic heterocycles. The molecular formula is C37H56O3. The number of fused-ring (bicyclic) bond motifs is 7. The van der Waals surface area contributed by atoms with E-state index < -0.39 is 6.10 Å². The van der Waals surface area contributed by atoms with Crippen molar-refractivity contribution < 1.29 is 14.9 Å². The van der Waals surface area contributed by atoms with Gasteiger partial charge in [0.1, 0.15) is 0 Å². The first-order chi connectivity index (χ1) is 18.7. The number of ether oxygens (including phenoxy) is 1. The molecule has 0 bridgehead atoms. The molecule has 1 unspecified atom stereocenters. The Labute approximate surface area is 244 Å². The maximum atomic E-state index is 11.0. The molecule has 5 aliphatic carbocycles. The van der Waals surface area contributed by atoms with E-state index in [0.717, 1.165) is 32.1 Å². The average molecular weight is 549 g/mol. The van der Waals surface area contributed by atoms with Crippen molar-refractivity contribution in [2.75, 3.05) is 6.61 Å². The largest absolute Gasteiger partial charge is 0.396 e. The Morgan fingerprint density at radius 1 is 0.825 bits per heavy atom. The van der Waals surface area contributed by atoms with E-state index >= 15 is 0 Å². The predicted molar refractivity (Wildman–Crippen MR) is 163 cm³/mol. The monoisotopic (exact) mass is 548 g/mol. The smallest absolute Gasteiger partial charge is 0.0720 e. The van der Waals surface area contributed by atoms with Gasteiger partial charge in [-0.3, -0.25) is 0 Å². The van der Waals surface area contributed by atoms with Crippen molar-refractivity contribution in [2.45, 2.75) is 125 Å². The minimum absolute atomic E-state index is 0.0933. The fraction of sp³-hybridized carbons (Fsp3) is 0.784. The van der Waals surface area contributed by atoms with Crippen LogP contribution in [-0.2, 0) is 11.3 Å². The molecule has 10 atom stereocenters. The number of aliphatic hydroxyl groups excluding tert-OH is 2. The summed E-state index contributed by atoms with van der Waals surface area (Å²) in [5.74, 6) is 1.54. The van der Waals surface area contributed by atoms with Gasteiger partial charge in [0.15, 0.2) is 0 Å². The van der Waals surface area contributed by atoms with Gasteiger partial charge in [-0.05, 0) is 103 Å². The Bertz CT molecular complexity index is 1140. The van der Waals surface area contributed by atoms with Crippen LogP contribution in [0.2, 0.25) is 0 Å². The Morgan fingerprint density at radius 2 is 1.55 bits per heavy atom. The van der Waals surface area contributed by atoms with E-state index in [1.807, 2.05) is 0 Å². The fourth-order valence-electron chi connectivity index (χ4n) is 11.7. The molecule has 4 fully saturated rings. The van der Waals surface area contributed by atoms with Crippen molar-refractivity contribution in [3.05, 3.63) is 47.5 Å². The molecule has 5 aliphatic rings. The summed E-state index contributed by atoms with van der Waals surface area (Å²) in [6.07, 6.45) is 12.8. The number of hydrogen-bond acceptors (Lipinski definition) is 3. The number of hydrogen-bond donors (Lipinski definition) is 2. The predicted octanol–water partition coefficient (Wildman–Crippen LogP) is 8.34. The third-order valence-electron chi connectivity index (χ3n) is 14.5. The molecule has 0 amide bonds. The number of benzene rings is 1. The molecule has 0 spiro atoms. The number of rotatable bonds is 4. The van der Waals surface area contributed by atoms with Gasteiger partial charge in [0.05, 0.1) is 25.4 Å². The van der Waals surface area contributed by atoms with E-state index in [9.17, 15) is 10.2 Å². The summed E-state index contributed by atoms with van der Waals surface area (Å²) in [7, 11) is 0. The van der Waals surface area contributed by atoms with Crippen LogP contribution in [0.5, 0.6) is 0 Å². The van der Waals surface area contributed by atoms with Gasteiger partial charge < -0.3 is 14.9 Å². The minimum atomic E-state index is -0.391. The van der Waals surface area contributed by atoms with Crippen LogP contribution in [0.25, 0.3) is 0 Å². The van der Waals surface area contributed by atoms with Crippen LogP contribution >= 0.6 is 0 Å². The van der Waals surface area contributed by atoms with Crippen molar-refractivity contribution in [1.82, 2.24) is 0 Å². The number of aliphatic hydroxyl groups is 2. The van der Waals surface area contributed by atoms with Gasteiger partial charge in [-0.1, -0.05) is 90.4 Å². The summed E-state index contributed by atoms with van der Waals surface area (Å²) in [4.78, 5) is 0. The summed E-state index contributed by atoms with van der Waals surface area (Å²) >= 11 is 0. The van der Waals surface area contributed by atoms with Gasteiger partial charge in [0, 0.05) is 10.8 Å². The fourth-order valence-corrected chi connectivity index (χ4v) is 11.7.